The number of benzene rings is 8. The van der Waals surface area contributed by atoms with Crippen molar-refractivity contribution in [3.8, 4) is 0 Å². The molecule has 8 aromatic rings. The number of hydrogen-bond acceptors (Lipinski definition) is 17. The first-order valence-corrected chi connectivity index (χ1v) is 39.0. The van der Waals surface area contributed by atoms with Crippen LogP contribution < -0.4 is 0 Å². The summed E-state index contributed by atoms with van der Waals surface area (Å²) in [5.41, 5.74) is 10.4. The SMILES string of the molecule is CCOC(=O)C1Cc2ccccc2CN1C(=O)OC(C)(C)C.CCOC(=O)C1Cc2ccccc2CN1C(=O)OCC.CCOC(=O)C1Cc2ccccc2CN1C(=O)c1ccc(Cl)c(Cl)c1.CCOC(=O)C1Cc2ccccc2CN1C(=O)c1ccc(F)c(F)c1.CCOC(=O)C1Cc2ccccc2CN1C(=O)c1ccc(F)cc1. The number of fused-ring (bicyclic) bond motifs is 5. The highest BCUT2D eigenvalue weighted by molar-refractivity contribution is 6.42. The Kier molecular flexibility index (Phi) is 31.7. The fraction of sp³-hybridized carbons (Fsp3) is 0.348. The maximum absolute atomic E-state index is 13.5. The lowest BCUT2D eigenvalue weighted by Gasteiger charge is -2.36. The van der Waals surface area contributed by atoms with Crippen LogP contribution in [0.4, 0.5) is 22.8 Å². The van der Waals surface area contributed by atoms with Crippen molar-refractivity contribution >= 4 is 83.0 Å². The molecule has 27 heteroatoms. The molecular formula is C89H94Cl2F3N5O17. The number of nitrogens with zero attached hydrogens (tertiary/aromatic N) is 5. The monoisotopic (exact) mass is 1630 g/mol. The van der Waals surface area contributed by atoms with E-state index in [2.05, 4.69) is 0 Å². The van der Waals surface area contributed by atoms with Gasteiger partial charge in [-0.3, -0.25) is 24.2 Å². The van der Waals surface area contributed by atoms with Gasteiger partial charge in [-0.05, 0) is 179 Å². The fourth-order valence-corrected chi connectivity index (χ4v) is 14.1. The topological polar surface area (TPSA) is 252 Å². The smallest absolute Gasteiger partial charge is 0.411 e. The molecule has 0 saturated carbocycles. The van der Waals surface area contributed by atoms with Gasteiger partial charge >= 0.3 is 42.0 Å². The lowest BCUT2D eigenvalue weighted by Crippen LogP contribution is -2.50. The van der Waals surface area contributed by atoms with Crippen LogP contribution in [-0.2, 0) is 122 Å². The normalized spacial score (nSPS) is 16.7. The Morgan fingerprint density at radius 1 is 0.319 bits per heavy atom. The van der Waals surface area contributed by atoms with Crippen LogP contribution in [0.15, 0.2) is 182 Å². The minimum absolute atomic E-state index is 0.00687. The zero-order valence-electron chi connectivity index (χ0n) is 66.1. The Bertz CT molecular complexity index is 4670. The maximum atomic E-state index is 13.5. The first-order valence-electron chi connectivity index (χ1n) is 38.3. The number of carbonyl (C=O) groups is 10. The molecule has 5 atom stereocenters. The van der Waals surface area contributed by atoms with Crippen LogP contribution >= 0.6 is 23.2 Å². The molecule has 5 unspecified atom stereocenters. The van der Waals surface area contributed by atoms with Crippen LogP contribution in [0.25, 0.3) is 0 Å². The number of esters is 5. The van der Waals surface area contributed by atoms with Gasteiger partial charge in [0.2, 0.25) is 0 Å². The fourth-order valence-electron chi connectivity index (χ4n) is 13.8. The van der Waals surface area contributed by atoms with Crippen molar-refractivity contribution < 1.29 is 94.3 Å². The minimum atomic E-state index is -1.10. The highest BCUT2D eigenvalue weighted by Crippen LogP contribution is 2.33. The molecule has 0 aromatic heterocycles. The van der Waals surface area contributed by atoms with E-state index in [4.69, 9.17) is 56.4 Å². The Morgan fingerprint density at radius 3 is 0.888 bits per heavy atom. The Balaban J connectivity index is 0.000000166. The minimum Gasteiger partial charge on any atom is -0.464 e. The van der Waals surface area contributed by atoms with E-state index in [1.807, 2.05) is 142 Å². The second-order valence-electron chi connectivity index (χ2n) is 28.2. The van der Waals surface area contributed by atoms with Crippen molar-refractivity contribution in [2.24, 2.45) is 0 Å². The van der Waals surface area contributed by atoms with Gasteiger partial charge in [0.25, 0.3) is 17.7 Å². The molecule has 0 aliphatic carbocycles. The second-order valence-corrected chi connectivity index (χ2v) is 29.0. The third-order valence-corrected chi connectivity index (χ3v) is 20.1. The molecule has 0 spiro atoms. The van der Waals surface area contributed by atoms with Crippen LogP contribution in [-0.4, -0.2) is 160 Å². The summed E-state index contributed by atoms with van der Waals surface area (Å²) in [6.45, 7) is 19.1. The summed E-state index contributed by atoms with van der Waals surface area (Å²) in [4.78, 5) is 132. The summed E-state index contributed by atoms with van der Waals surface area (Å²) in [6, 6.07) is 48.3. The van der Waals surface area contributed by atoms with E-state index in [0.717, 1.165) is 67.8 Å². The molecular weight excluding hydrogens is 1540 g/mol. The standard InChI is InChI=1S/C19H17Cl2NO3.C19H17F2NO3.C19H18FNO3.C17H23NO4.C15H19NO4/c2*1-2-25-19(24)17-10-12-5-3-4-6-14(12)11-22(17)18(23)13-7-8-15(20)16(21)9-13;1-2-24-19(23)17-11-14-5-3-4-6-15(14)12-21(17)18(22)13-7-9-16(20)10-8-13;1-5-21-15(19)14-10-12-8-6-7-9-13(12)11-18(14)16(20)22-17(2,3)4;1-3-19-14(17)13-9-11-7-5-6-8-12(11)10-16(13)15(18)20-4-2/h2*3-9,17H,2,10-11H2,1H3;3-10,17H,2,11-12H2,1H3;6-9,14H,5,10-11H2,1-4H3;5-8,13H,3-4,9-10H2,1-2H3. The summed E-state index contributed by atoms with van der Waals surface area (Å²) in [5.74, 6) is -5.73. The zero-order valence-corrected chi connectivity index (χ0v) is 67.6. The van der Waals surface area contributed by atoms with Crippen molar-refractivity contribution in [1.29, 1.82) is 0 Å². The quantitative estimate of drug-likeness (QED) is 0.0724. The molecule has 5 aliphatic rings. The van der Waals surface area contributed by atoms with Crippen LogP contribution in [0.3, 0.4) is 0 Å². The summed E-state index contributed by atoms with van der Waals surface area (Å²) in [5, 5.41) is 0.682. The number of hydrogen-bond donors (Lipinski definition) is 0. The number of halogens is 5. The molecule has 0 fully saturated rings. The van der Waals surface area contributed by atoms with Gasteiger partial charge in [0.15, 0.2) is 11.6 Å². The van der Waals surface area contributed by atoms with Crippen LogP contribution in [0, 0.1) is 17.5 Å². The van der Waals surface area contributed by atoms with E-state index in [9.17, 15) is 61.1 Å². The van der Waals surface area contributed by atoms with E-state index in [-0.39, 0.29) is 62.3 Å². The Labute approximate surface area is 682 Å². The molecule has 5 heterocycles. The van der Waals surface area contributed by atoms with E-state index in [1.165, 1.54) is 56.0 Å². The van der Waals surface area contributed by atoms with Gasteiger partial charge in [0.05, 0.1) is 62.8 Å². The van der Waals surface area contributed by atoms with Gasteiger partial charge in [-0.2, -0.15) is 0 Å². The average Bonchev–Trinajstić information content (AvgIpc) is 0.802. The van der Waals surface area contributed by atoms with Crippen LogP contribution in [0.5, 0.6) is 0 Å². The van der Waals surface area contributed by atoms with Crippen molar-refractivity contribution in [2.75, 3.05) is 39.6 Å². The molecule has 612 valence electrons. The maximum Gasteiger partial charge on any atom is 0.411 e. The first kappa shape index (κ1) is 88.4. The highest BCUT2D eigenvalue weighted by atomic mass is 35.5. The second kappa shape index (κ2) is 41.6. The van der Waals surface area contributed by atoms with Crippen LogP contribution in [0.2, 0.25) is 10.0 Å². The van der Waals surface area contributed by atoms with Gasteiger partial charge in [0.1, 0.15) is 41.6 Å². The lowest BCUT2D eigenvalue weighted by atomic mass is 9.93. The molecule has 0 saturated heterocycles. The molecule has 5 aliphatic heterocycles. The molecule has 8 aromatic carbocycles. The number of rotatable bonds is 14. The Hall–Kier alpha value is -11.6. The first-order chi connectivity index (χ1) is 55.6. The predicted octanol–water partition coefficient (Wildman–Crippen LogP) is 15.2. The van der Waals surface area contributed by atoms with Gasteiger partial charge in [-0.1, -0.05) is 145 Å². The molecule has 5 amide bonds. The molecule has 22 nitrogen and oxygen atoms in total. The molecule has 13 rings (SSSR count). The third-order valence-electron chi connectivity index (χ3n) is 19.4. The summed E-state index contributed by atoms with van der Waals surface area (Å²) in [7, 11) is 0. The van der Waals surface area contributed by atoms with Crippen molar-refractivity contribution in [3.63, 3.8) is 0 Å². The van der Waals surface area contributed by atoms with E-state index < -0.39 is 89.3 Å². The molecule has 116 heavy (non-hydrogen) atoms. The van der Waals surface area contributed by atoms with E-state index in [1.54, 1.807) is 58.6 Å². The highest BCUT2D eigenvalue weighted by Gasteiger charge is 2.42. The lowest BCUT2D eigenvalue weighted by molar-refractivity contribution is -0.150. The third kappa shape index (κ3) is 22.9. The largest absolute Gasteiger partial charge is 0.464 e. The predicted molar refractivity (Wildman–Crippen MR) is 426 cm³/mol. The number of carbonyl (C=O) groups excluding carboxylic acids is 10. The number of amides is 5. The van der Waals surface area contributed by atoms with Gasteiger partial charge in [-0.15, -0.1) is 0 Å². The summed E-state index contributed by atoms with van der Waals surface area (Å²) < 4.78 is 75.8. The summed E-state index contributed by atoms with van der Waals surface area (Å²) in [6.07, 6.45) is 1.14. The van der Waals surface area contributed by atoms with Gasteiger partial charge in [0, 0.05) is 68.4 Å². The van der Waals surface area contributed by atoms with Crippen molar-refractivity contribution in [3.05, 3.63) is 282 Å². The zero-order chi connectivity index (χ0) is 83.9. The van der Waals surface area contributed by atoms with E-state index in [0.29, 0.717) is 92.7 Å². The molecule has 0 radical (unpaired) electrons. The molecule has 0 N–H and O–H groups in total. The van der Waals surface area contributed by atoms with Gasteiger partial charge in [-0.25, -0.2) is 46.7 Å². The van der Waals surface area contributed by atoms with Crippen molar-refractivity contribution in [1.82, 2.24) is 24.5 Å². The van der Waals surface area contributed by atoms with E-state index >= 15 is 0 Å². The van der Waals surface area contributed by atoms with Gasteiger partial charge < -0.3 is 47.9 Å². The summed E-state index contributed by atoms with van der Waals surface area (Å²) >= 11 is 12.0. The molecule has 0 bridgehead atoms. The average molecular weight is 1630 g/mol. The van der Waals surface area contributed by atoms with Crippen molar-refractivity contribution in [2.45, 2.75) is 163 Å². The van der Waals surface area contributed by atoms with Crippen LogP contribution in [0.1, 0.15) is 149 Å². The Morgan fingerprint density at radius 2 is 0.586 bits per heavy atom. The number of ether oxygens (including phenoxy) is 7.